The van der Waals surface area contributed by atoms with Crippen LogP contribution in [-0.2, 0) is 4.74 Å². The lowest BCUT2D eigenvalue weighted by Crippen LogP contribution is -2.33. The molecule has 0 amide bonds. The van der Waals surface area contributed by atoms with Crippen molar-refractivity contribution in [3.05, 3.63) is 0 Å². The summed E-state index contributed by atoms with van der Waals surface area (Å²) in [7, 11) is 0. The Morgan fingerprint density at radius 2 is 2.22 bits per heavy atom. The van der Waals surface area contributed by atoms with Gasteiger partial charge in [0.25, 0.3) is 5.92 Å². The topological polar surface area (TPSA) is 9.23 Å². The van der Waals surface area contributed by atoms with E-state index in [4.69, 9.17) is 0 Å². The Labute approximate surface area is 53.0 Å². The molecule has 1 saturated heterocycles. The summed E-state index contributed by atoms with van der Waals surface area (Å²) < 4.78 is 29.3. The molecule has 0 N–H and O–H groups in total. The summed E-state index contributed by atoms with van der Waals surface area (Å²) >= 11 is 0. The highest BCUT2D eigenvalue weighted by molar-refractivity contribution is 4.73. The molecule has 1 nitrogen and oxygen atoms in total. The van der Waals surface area contributed by atoms with E-state index in [1.807, 2.05) is 0 Å². The predicted molar refractivity (Wildman–Crippen MR) is 29.5 cm³/mol. The van der Waals surface area contributed by atoms with E-state index in [1.54, 1.807) is 6.92 Å². The van der Waals surface area contributed by atoms with Gasteiger partial charge in [0.15, 0.2) is 0 Å². The van der Waals surface area contributed by atoms with Crippen LogP contribution in [0, 0.1) is 5.92 Å². The van der Waals surface area contributed by atoms with Crippen LogP contribution < -0.4 is 0 Å². The highest BCUT2D eigenvalue weighted by Crippen LogP contribution is 2.27. The number of ether oxygens (including phenoxy) is 1. The average molecular weight is 136 g/mol. The van der Waals surface area contributed by atoms with Gasteiger partial charge < -0.3 is 4.74 Å². The average Bonchev–Trinajstić information content (AvgIpc) is 1.60. The van der Waals surface area contributed by atoms with Gasteiger partial charge in [0.1, 0.15) is 6.61 Å². The van der Waals surface area contributed by atoms with Crippen LogP contribution in [0.25, 0.3) is 0 Å². The molecule has 1 aliphatic rings. The van der Waals surface area contributed by atoms with E-state index in [2.05, 4.69) is 4.74 Å². The molecule has 3 heteroatoms. The standard InChI is InChI=1S/C6H10F2O/c1-5-2-6(7,8)4-9-3-5/h5H,2-4H2,1H3. The third-order valence-electron chi connectivity index (χ3n) is 1.36. The van der Waals surface area contributed by atoms with Crippen molar-refractivity contribution in [1.29, 1.82) is 0 Å². The number of hydrogen-bond donors (Lipinski definition) is 0. The van der Waals surface area contributed by atoms with Crippen molar-refractivity contribution in [2.75, 3.05) is 13.2 Å². The minimum absolute atomic E-state index is 0.00810. The molecule has 0 radical (unpaired) electrons. The summed E-state index contributed by atoms with van der Waals surface area (Å²) in [6.07, 6.45) is -0.0208. The Bertz CT molecular complexity index is 103. The van der Waals surface area contributed by atoms with E-state index >= 15 is 0 Å². The Balaban J connectivity index is 2.41. The van der Waals surface area contributed by atoms with Crippen LogP contribution in [0.2, 0.25) is 0 Å². The number of rotatable bonds is 0. The molecule has 0 bridgehead atoms. The van der Waals surface area contributed by atoms with Crippen molar-refractivity contribution in [2.45, 2.75) is 19.3 Å². The van der Waals surface area contributed by atoms with Crippen LogP contribution in [0.1, 0.15) is 13.3 Å². The fraction of sp³-hybridized carbons (Fsp3) is 1.00. The number of hydrogen-bond acceptors (Lipinski definition) is 1. The second-order valence-corrected chi connectivity index (χ2v) is 2.68. The first kappa shape index (κ1) is 6.93. The summed E-state index contributed by atoms with van der Waals surface area (Å²) in [5.41, 5.74) is 0. The van der Waals surface area contributed by atoms with Gasteiger partial charge in [-0.25, -0.2) is 8.78 Å². The Hall–Kier alpha value is -0.180. The summed E-state index contributed by atoms with van der Waals surface area (Å²) in [6, 6.07) is 0. The van der Waals surface area contributed by atoms with E-state index < -0.39 is 12.5 Å². The molecule has 9 heavy (non-hydrogen) atoms. The molecule has 1 fully saturated rings. The molecule has 1 unspecified atom stereocenters. The highest BCUT2D eigenvalue weighted by atomic mass is 19.3. The maximum atomic E-state index is 12.3. The molecule has 0 aromatic carbocycles. The maximum absolute atomic E-state index is 12.3. The van der Waals surface area contributed by atoms with Crippen molar-refractivity contribution in [3.8, 4) is 0 Å². The van der Waals surface area contributed by atoms with Gasteiger partial charge in [0.2, 0.25) is 0 Å². The molecular formula is C6H10F2O. The zero-order valence-corrected chi connectivity index (χ0v) is 5.36. The summed E-state index contributed by atoms with van der Waals surface area (Å²) in [4.78, 5) is 0. The Morgan fingerprint density at radius 3 is 2.56 bits per heavy atom. The lowest BCUT2D eigenvalue weighted by Gasteiger charge is -2.26. The maximum Gasteiger partial charge on any atom is 0.271 e. The highest BCUT2D eigenvalue weighted by Gasteiger charge is 2.35. The van der Waals surface area contributed by atoms with Crippen LogP contribution in [-0.4, -0.2) is 19.1 Å². The van der Waals surface area contributed by atoms with Gasteiger partial charge in [-0.3, -0.25) is 0 Å². The summed E-state index contributed by atoms with van der Waals surface area (Å²) in [5.74, 6) is -2.56. The molecule has 54 valence electrons. The third-order valence-corrected chi connectivity index (χ3v) is 1.36. The molecule has 1 atom stereocenters. The minimum atomic E-state index is -2.57. The lowest BCUT2D eigenvalue weighted by atomic mass is 10.0. The van der Waals surface area contributed by atoms with Gasteiger partial charge >= 0.3 is 0 Å². The Kier molecular flexibility index (Phi) is 1.70. The molecule has 1 heterocycles. The molecule has 0 saturated carbocycles. The van der Waals surface area contributed by atoms with Crippen molar-refractivity contribution >= 4 is 0 Å². The van der Waals surface area contributed by atoms with Gasteiger partial charge in [-0.05, 0) is 5.92 Å². The van der Waals surface area contributed by atoms with Crippen LogP contribution in [0.3, 0.4) is 0 Å². The molecule has 0 aromatic rings. The van der Waals surface area contributed by atoms with Crippen LogP contribution in [0.4, 0.5) is 8.78 Å². The smallest absolute Gasteiger partial charge is 0.271 e. The monoisotopic (exact) mass is 136 g/mol. The van der Waals surface area contributed by atoms with E-state index in [1.165, 1.54) is 0 Å². The van der Waals surface area contributed by atoms with Crippen molar-refractivity contribution in [3.63, 3.8) is 0 Å². The SMILES string of the molecule is CC1COCC(F)(F)C1. The number of halogens is 2. The van der Waals surface area contributed by atoms with Crippen LogP contribution in [0.5, 0.6) is 0 Å². The van der Waals surface area contributed by atoms with E-state index in [0.29, 0.717) is 6.61 Å². The fourth-order valence-electron chi connectivity index (χ4n) is 1.04. The third kappa shape index (κ3) is 1.90. The molecule has 0 aromatic heterocycles. The van der Waals surface area contributed by atoms with E-state index in [0.717, 1.165) is 0 Å². The zero-order valence-electron chi connectivity index (χ0n) is 5.36. The first-order valence-electron chi connectivity index (χ1n) is 3.06. The van der Waals surface area contributed by atoms with Crippen molar-refractivity contribution in [1.82, 2.24) is 0 Å². The van der Waals surface area contributed by atoms with Crippen LogP contribution >= 0.6 is 0 Å². The van der Waals surface area contributed by atoms with Gasteiger partial charge in [-0.1, -0.05) is 6.92 Å². The number of alkyl halides is 2. The second-order valence-electron chi connectivity index (χ2n) is 2.68. The van der Waals surface area contributed by atoms with E-state index in [-0.39, 0.29) is 12.3 Å². The fourth-order valence-corrected chi connectivity index (χ4v) is 1.04. The van der Waals surface area contributed by atoms with Crippen LogP contribution in [0.15, 0.2) is 0 Å². The largest absolute Gasteiger partial charge is 0.375 e. The van der Waals surface area contributed by atoms with Gasteiger partial charge in [0.05, 0.1) is 0 Å². The second kappa shape index (κ2) is 2.21. The lowest BCUT2D eigenvalue weighted by molar-refractivity contribution is -0.132. The van der Waals surface area contributed by atoms with Gasteiger partial charge in [0, 0.05) is 13.0 Å². The predicted octanol–water partition coefficient (Wildman–Crippen LogP) is 1.68. The normalized spacial score (nSPS) is 34.3. The van der Waals surface area contributed by atoms with Gasteiger partial charge in [-0.2, -0.15) is 0 Å². The molecule has 0 aliphatic carbocycles. The first-order valence-corrected chi connectivity index (χ1v) is 3.06. The molecule has 1 aliphatic heterocycles. The quantitative estimate of drug-likeness (QED) is 0.492. The molecular weight excluding hydrogens is 126 g/mol. The summed E-state index contributed by atoms with van der Waals surface area (Å²) in [5, 5.41) is 0. The molecule has 0 spiro atoms. The summed E-state index contributed by atoms with van der Waals surface area (Å²) in [6.45, 7) is 1.86. The Morgan fingerprint density at radius 1 is 1.56 bits per heavy atom. The van der Waals surface area contributed by atoms with Gasteiger partial charge in [-0.15, -0.1) is 0 Å². The molecule has 1 rings (SSSR count). The zero-order chi connectivity index (χ0) is 6.91. The van der Waals surface area contributed by atoms with Crippen molar-refractivity contribution < 1.29 is 13.5 Å². The van der Waals surface area contributed by atoms with E-state index in [9.17, 15) is 8.78 Å². The van der Waals surface area contributed by atoms with Crippen molar-refractivity contribution in [2.24, 2.45) is 5.92 Å². The first-order chi connectivity index (χ1) is 4.10. The minimum Gasteiger partial charge on any atom is -0.375 e.